The molecule has 3 nitrogen and oxygen atoms in total. The molecule has 1 saturated heterocycles. The summed E-state index contributed by atoms with van der Waals surface area (Å²) in [6.45, 7) is 2.48. The minimum atomic E-state index is 0.449. The van der Waals surface area contributed by atoms with Crippen LogP contribution in [0.4, 0.5) is 5.69 Å². The van der Waals surface area contributed by atoms with E-state index < -0.39 is 0 Å². The Labute approximate surface area is 103 Å². The van der Waals surface area contributed by atoms with E-state index in [1.807, 2.05) is 0 Å². The fraction of sp³-hybridized carbons (Fsp3) is 0.571. The van der Waals surface area contributed by atoms with Crippen LogP contribution in [-0.2, 0) is 11.3 Å². The third kappa shape index (κ3) is 2.05. The molecule has 3 rings (SSSR count). The first-order valence-electron chi connectivity index (χ1n) is 6.56. The van der Waals surface area contributed by atoms with Crippen LogP contribution in [0.5, 0.6) is 0 Å². The van der Waals surface area contributed by atoms with Gasteiger partial charge in [0.25, 0.3) is 0 Å². The molecule has 2 N–H and O–H groups in total. The zero-order chi connectivity index (χ0) is 11.7. The predicted molar refractivity (Wildman–Crippen MR) is 69.1 cm³/mol. The first-order chi connectivity index (χ1) is 8.38. The molecule has 17 heavy (non-hydrogen) atoms. The maximum atomic E-state index is 5.84. The molecule has 0 aromatic heterocycles. The van der Waals surface area contributed by atoms with Crippen LogP contribution in [0.15, 0.2) is 24.3 Å². The number of nitrogens with zero attached hydrogens (tertiary/aromatic N) is 1. The Morgan fingerprint density at radius 1 is 1.35 bits per heavy atom. The molecule has 2 aliphatic rings. The summed E-state index contributed by atoms with van der Waals surface area (Å²) in [4.78, 5) is 2.51. The van der Waals surface area contributed by atoms with Gasteiger partial charge >= 0.3 is 0 Å². The van der Waals surface area contributed by atoms with Crippen molar-refractivity contribution in [2.75, 3.05) is 18.1 Å². The van der Waals surface area contributed by atoms with Crippen molar-refractivity contribution in [2.24, 2.45) is 5.73 Å². The molecule has 0 spiro atoms. The van der Waals surface area contributed by atoms with Gasteiger partial charge in [-0.05, 0) is 37.0 Å². The topological polar surface area (TPSA) is 38.5 Å². The van der Waals surface area contributed by atoms with Crippen molar-refractivity contribution in [3.63, 3.8) is 0 Å². The minimum Gasteiger partial charge on any atom is -0.374 e. The van der Waals surface area contributed by atoms with Crippen molar-refractivity contribution in [1.29, 1.82) is 0 Å². The zero-order valence-electron chi connectivity index (χ0n) is 10.1. The summed E-state index contributed by atoms with van der Waals surface area (Å²) in [6, 6.07) is 9.20. The van der Waals surface area contributed by atoms with Gasteiger partial charge in [0.15, 0.2) is 0 Å². The summed E-state index contributed by atoms with van der Waals surface area (Å²) < 4.78 is 5.84. The lowest BCUT2D eigenvalue weighted by molar-refractivity contribution is 0.0256. The van der Waals surface area contributed by atoms with Gasteiger partial charge in [-0.15, -0.1) is 0 Å². The first-order valence-corrected chi connectivity index (χ1v) is 6.56. The van der Waals surface area contributed by atoms with Crippen LogP contribution in [-0.4, -0.2) is 25.3 Å². The summed E-state index contributed by atoms with van der Waals surface area (Å²) in [5.41, 5.74) is 8.24. The van der Waals surface area contributed by atoms with Crippen molar-refractivity contribution < 1.29 is 4.74 Å². The molecule has 1 aromatic rings. The van der Waals surface area contributed by atoms with Gasteiger partial charge in [-0.1, -0.05) is 12.1 Å². The van der Waals surface area contributed by atoms with E-state index in [9.17, 15) is 0 Å². The van der Waals surface area contributed by atoms with Crippen molar-refractivity contribution in [2.45, 2.75) is 38.0 Å². The molecule has 2 fully saturated rings. The number of hydrogen-bond donors (Lipinski definition) is 1. The van der Waals surface area contributed by atoms with Crippen molar-refractivity contribution in [3.05, 3.63) is 29.8 Å². The Morgan fingerprint density at radius 3 is 3.18 bits per heavy atom. The maximum Gasteiger partial charge on any atom is 0.0779 e. The fourth-order valence-electron chi connectivity index (χ4n) is 3.11. The monoisotopic (exact) mass is 232 g/mol. The van der Waals surface area contributed by atoms with Gasteiger partial charge in [-0.3, -0.25) is 0 Å². The number of morpholine rings is 1. The van der Waals surface area contributed by atoms with E-state index in [2.05, 4.69) is 29.2 Å². The van der Waals surface area contributed by atoms with Crippen LogP contribution >= 0.6 is 0 Å². The lowest BCUT2D eigenvalue weighted by atomic mass is 10.1. The lowest BCUT2D eigenvalue weighted by Gasteiger charge is -2.39. The molecule has 2 atom stereocenters. The average molecular weight is 232 g/mol. The highest BCUT2D eigenvalue weighted by molar-refractivity contribution is 5.50. The molecule has 1 saturated carbocycles. The second kappa shape index (κ2) is 4.67. The van der Waals surface area contributed by atoms with Gasteiger partial charge in [-0.2, -0.15) is 0 Å². The molecule has 0 bridgehead atoms. The van der Waals surface area contributed by atoms with Gasteiger partial charge in [0.2, 0.25) is 0 Å². The standard InChI is InChI=1S/C14H20N2O/c15-10-11-3-1-4-12(9-11)16-7-8-17-14-6-2-5-13(14)16/h1,3-4,9,13-14H,2,5-8,10,15H2. The van der Waals surface area contributed by atoms with Crippen LogP contribution in [0.3, 0.4) is 0 Å². The number of anilines is 1. The normalized spacial score (nSPS) is 28.2. The number of benzene rings is 1. The summed E-state index contributed by atoms with van der Waals surface area (Å²) >= 11 is 0. The molecule has 92 valence electrons. The van der Waals surface area contributed by atoms with Crippen LogP contribution in [0.2, 0.25) is 0 Å². The highest BCUT2D eigenvalue weighted by Gasteiger charge is 2.36. The lowest BCUT2D eigenvalue weighted by Crippen LogP contribution is -2.48. The summed E-state index contributed by atoms with van der Waals surface area (Å²) in [5.74, 6) is 0. The van der Waals surface area contributed by atoms with Gasteiger partial charge in [0.1, 0.15) is 0 Å². The van der Waals surface area contributed by atoms with E-state index in [0.717, 1.165) is 13.2 Å². The van der Waals surface area contributed by atoms with E-state index in [-0.39, 0.29) is 0 Å². The van der Waals surface area contributed by atoms with Crippen LogP contribution < -0.4 is 10.6 Å². The Bertz CT molecular complexity index is 394. The number of rotatable bonds is 2. The van der Waals surface area contributed by atoms with Gasteiger partial charge in [-0.25, -0.2) is 0 Å². The van der Waals surface area contributed by atoms with Crippen molar-refractivity contribution >= 4 is 5.69 Å². The Hall–Kier alpha value is -1.06. The third-order valence-corrected chi connectivity index (χ3v) is 3.96. The predicted octanol–water partition coefficient (Wildman–Crippen LogP) is 1.90. The number of ether oxygens (including phenoxy) is 1. The number of hydrogen-bond acceptors (Lipinski definition) is 3. The smallest absolute Gasteiger partial charge is 0.0779 e. The number of fused-ring (bicyclic) bond motifs is 1. The molecule has 0 amide bonds. The van der Waals surface area contributed by atoms with E-state index in [1.165, 1.54) is 30.5 Å². The van der Waals surface area contributed by atoms with Gasteiger partial charge < -0.3 is 15.4 Å². The average Bonchev–Trinajstić information content (AvgIpc) is 2.87. The highest BCUT2D eigenvalue weighted by Crippen LogP contribution is 2.33. The first kappa shape index (κ1) is 11.1. The maximum absolute atomic E-state index is 5.84. The van der Waals surface area contributed by atoms with E-state index >= 15 is 0 Å². The fourth-order valence-corrected chi connectivity index (χ4v) is 3.11. The van der Waals surface area contributed by atoms with E-state index in [0.29, 0.717) is 18.7 Å². The van der Waals surface area contributed by atoms with Crippen LogP contribution in [0.25, 0.3) is 0 Å². The molecule has 3 heteroatoms. The summed E-state index contributed by atoms with van der Waals surface area (Å²) in [7, 11) is 0. The molecule has 1 aliphatic carbocycles. The zero-order valence-corrected chi connectivity index (χ0v) is 10.1. The molecule has 1 heterocycles. The Balaban J connectivity index is 1.86. The second-order valence-corrected chi connectivity index (χ2v) is 4.97. The van der Waals surface area contributed by atoms with E-state index in [4.69, 9.17) is 10.5 Å². The molecule has 2 unspecified atom stereocenters. The highest BCUT2D eigenvalue weighted by atomic mass is 16.5. The van der Waals surface area contributed by atoms with Gasteiger partial charge in [0.05, 0.1) is 18.8 Å². The minimum absolute atomic E-state index is 0.449. The molecule has 0 radical (unpaired) electrons. The number of nitrogens with two attached hydrogens (primary N) is 1. The SMILES string of the molecule is NCc1cccc(N2CCOC3CCCC32)c1. The molecule has 1 aromatic carbocycles. The quantitative estimate of drug-likeness (QED) is 0.846. The van der Waals surface area contributed by atoms with Crippen LogP contribution in [0.1, 0.15) is 24.8 Å². The van der Waals surface area contributed by atoms with Crippen LogP contribution in [0, 0.1) is 0 Å². The van der Waals surface area contributed by atoms with Crippen molar-refractivity contribution in [3.8, 4) is 0 Å². The van der Waals surface area contributed by atoms with E-state index in [1.54, 1.807) is 0 Å². The Morgan fingerprint density at radius 2 is 2.29 bits per heavy atom. The Kier molecular flexibility index (Phi) is 3.04. The largest absolute Gasteiger partial charge is 0.374 e. The molecular formula is C14H20N2O. The van der Waals surface area contributed by atoms with Crippen molar-refractivity contribution in [1.82, 2.24) is 0 Å². The molecular weight excluding hydrogens is 212 g/mol. The molecule has 1 aliphatic heterocycles. The third-order valence-electron chi connectivity index (χ3n) is 3.96. The van der Waals surface area contributed by atoms with Gasteiger partial charge in [0, 0.05) is 18.8 Å². The second-order valence-electron chi connectivity index (χ2n) is 4.97. The summed E-state index contributed by atoms with van der Waals surface area (Å²) in [6.07, 6.45) is 4.22. The summed E-state index contributed by atoms with van der Waals surface area (Å²) in [5, 5.41) is 0.